The Bertz CT molecular complexity index is 49.5. The molecule has 0 bridgehead atoms. The zero-order valence-electron chi connectivity index (χ0n) is 3.56. The fraction of sp³-hybridized carbons (Fsp3) is 0.500. The smallest absolute Gasteiger partial charge is 0.215 e. The predicted octanol–water partition coefficient (Wildman–Crippen LogP) is 0.850. The van der Waals surface area contributed by atoms with Gasteiger partial charge in [-0.25, -0.2) is 4.39 Å². The van der Waals surface area contributed by atoms with Crippen molar-refractivity contribution in [2.24, 2.45) is 0 Å². The Morgan fingerprint density at radius 1 is 1.83 bits per heavy atom. The van der Waals surface area contributed by atoms with Crippen molar-refractivity contribution in [3.63, 3.8) is 0 Å². The summed E-state index contributed by atoms with van der Waals surface area (Å²) >= 11 is 0. The van der Waals surface area contributed by atoms with E-state index in [-0.39, 0.29) is 0 Å². The second-order valence-corrected chi connectivity index (χ2v) is 0.898. The Morgan fingerprint density at radius 3 is 2.33 bits per heavy atom. The molecule has 0 spiro atoms. The van der Waals surface area contributed by atoms with E-state index < -0.39 is 6.36 Å². The Hall–Kier alpha value is -0.370. The van der Waals surface area contributed by atoms with Gasteiger partial charge in [0.2, 0.25) is 6.36 Å². The lowest BCUT2D eigenvalue weighted by atomic mass is 10.5. The minimum Gasteiger partial charge on any atom is -0.361 e. The van der Waals surface area contributed by atoms with E-state index in [0.717, 1.165) is 6.08 Å². The largest absolute Gasteiger partial charge is 0.361 e. The summed E-state index contributed by atoms with van der Waals surface area (Å²) in [4.78, 5) is 0. The predicted molar refractivity (Wildman–Crippen MR) is 21.9 cm³/mol. The van der Waals surface area contributed by atoms with Crippen LogP contribution in [-0.4, -0.2) is 11.5 Å². The van der Waals surface area contributed by atoms with E-state index in [0.29, 0.717) is 0 Å². The second kappa shape index (κ2) is 2.85. The summed E-state index contributed by atoms with van der Waals surface area (Å²) in [6, 6.07) is 0. The average Bonchev–Trinajstić information content (AvgIpc) is 1.35. The lowest BCUT2D eigenvalue weighted by Crippen LogP contribution is -1.87. The third kappa shape index (κ3) is 3.63. The molecule has 0 aromatic heterocycles. The normalized spacial score (nSPS) is 15.8. The molecular weight excluding hydrogens is 83.0 g/mol. The van der Waals surface area contributed by atoms with Gasteiger partial charge in [0.05, 0.1) is 0 Å². The van der Waals surface area contributed by atoms with E-state index in [9.17, 15) is 4.39 Å². The molecule has 0 aliphatic heterocycles. The first-order valence-corrected chi connectivity index (χ1v) is 1.72. The number of hydrogen-bond donors (Lipinski definition) is 1. The molecule has 0 saturated carbocycles. The summed E-state index contributed by atoms with van der Waals surface area (Å²) in [5.74, 6) is 0. The number of aliphatic hydroxyl groups is 1. The molecule has 0 heterocycles. The Balaban J connectivity index is 3.03. The second-order valence-electron chi connectivity index (χ2n) is 0.898. The van der Waals surface area contributed by atoms with Gasteiger partial charge in [-0.1, -0.05) is 6.08 Å². The monoisotopic (exact) mass is 90.0 g/mol. The standard InChI is InChI=1S/C4H7FO/c1-2-3-4(5)6/h2-4,6H,1H3. The maximum Gasteiger partial charge on any atom is 0.215 e. The summed E-state index contributed by atoms with van der Waals surface area (Å²) < 4.78 is 11.2. The van der Waals surface area contributed by atoms with Crippen molar-refractivity contribution in [1.82, 2.24) is 0 Å². The van der Waals surface area contributed by atoms with Gasteiger partial charge in [0.25, 0.3) is 0 Å². The number of aliphatic hydroxyl groups excluding tert-OH is 1. The van der Waals surface area contributed by atoms with E-state index in [4.69, 9.17) is 5.11 Å². The fourth-order valence-corrected chi connectivity index (χ4v) is 0.159. The van der Waals surface area contributed by atoms with E-state index in [1.165, 1.54) is 6.08 Å². The summed E-state index contributed by atoms with van der Waals surface area (Å²) in [6.45, 7) is 1.64. The molecule has 0 aromatic rings. The summed E-state index contributed by atoms with van der Waals surface area (Å²) in [5.41, 5.74) is 0. The molecule has 6 heavy (non-hydrogen) atoms. The highest BCUT2D eigenvalue weighted by atomic mass is 19.1. The van der Waals surface area contributed by atoms with Crippen LogP contribution >= 0.6 is 0 Å². The number of alkyl halides is 1. The van der Waals surface area contributed by atoms with Crippen LogP contribution in [0.25, 0.3) is 0 Å². The van der Waals surface area contributed by atoms with E-state index in [2.05, 4.69) is 0 Å². The summed E-state index contributed by atoms with van der Waals surface area (Å²) in [7, 11) is 0. The third-order valence-corrected chi connectivity index (χ3v) is 0.351. The number of halogens is 1. The Labute approximate surface area is 36.1 Å². The van der Waals surface area contributed by atoms with Crippen LogP contribution in [0, 0.1) is 0 Å². The highest BCUT2D eigenvalue weighted by molar-refractivity contribution is 4.78. The molecule has 0 aromatic carbocycles. The van der Waals surface area contributed by atoms with Gasteiger partial charge >= 0.3 is 0 Å². The number of allylic oxidation sites excluding steroid dienone is 1. The van der Waals surface area contributed by atoms with Gasteiger partial charge in [-0.3, -0.25) is 0 Å². The summed E-state index contributed by atoms with van der Waals surface area (Å²) in [6.07, 6.45) is 0.722. The molecule has 1 atom stereocenters. The van der Waals surface area contributed by atoms with Gasteiger partial charge in [-0.2, -0.15) is 0 Å². The van der Waals surface area contributed by atoms with E-state index in [1.807, 2.05) is 0 Å². The van der Waals surface area contributed by atoms with Crippen molar-refractivity contribution in [2.45, 2.75) is 13.3 Å². The lowest BCUT2D eigenvalue weighted by Gasteiger charge is -1.82. The lowest BCUT2D eigenvalue weighted by molar-refractivity contribution is 0.0882. The van der Waals surface area contributed by atoms with Crippen molar-refractivity contribution >= 4 is 0 Å². The topological polar surface area (TPSA) is 20.2 Å². The molecule has 0 fully saturated rings. The van der Waals surface area contributed by atoms with Gasteiger partial charge in [-0.05, 0) is 13.0 Å². The van der Waals surface area contributed by atoms with Crippen molar-refractivity contribution in [3.8, 4) is 0 Å². The highest BCUT2D eigenvalue weighted by Gasteiger charge is 1.83. The van der Waals surface area contributed by atoms with Crippen LogP contribution in [0.4, 0.5) is 4.39 Å². The molecule has 0 amide bonds. The molecule has 1 N–H and O–H groups in total. The van der Waals surface area contributed by atoms with Crippen LogP contribution in [0.2, 0.25) is 0 Å². The minimum absolute atomic E-state index is 1.06. The quantitative estimate of drug-likeness (QED) is 0.473. The Kier molecular flexibility index (Phi) is 2.67. The molecule has 2 heteroatoms. The molecule has 0 aliphatic carbocycles. The molecule has 0 aliphatic rings. The molecular formula is C4H7FO. The first kappa shape index (κ1) is 5.63. The Morgan fingerprint density at radius 2 is 2.33 bits per heavy atom. The van der Waals surface area contributed by atoms with E-state index >= 15 is 0 Å². The van der Waals surface area contributed by atoms with Gasteiger partial charge in [-0.15, -0.1) is 0 Å². The van der Waals surface area contributed by atoms with Gasteiger partial charge in [0.15, 0.2) is 0 Å². The highest BCUT2D eigenvalue weighted by Crippen LogP contribution is 1.82. The molecule has 36 valence electrons. The van der Waals surface area contributed by atoms with Crippen molar-refractivity contribution in [3.05, 3.63) is 12.2 Å². The molecule has 1 unspecified atom stereocenters. The maximum atomic E-state index is 11.2. The zero-order chi connectivity index (χ0) is 4.99. The van der Waals surface area contributed by atoms with Crippen LogP contribution in [0.5, 0.6) is 0 Å². The average molecular weight is 90.1 g/mol. The van der Waals surface area contributed by atoms with Crippen LogP contribution in [0.15, 0.2) is 12.2 Å². The molecule has 1 nitrogen and oxygen atoms in total. The first-order valence-electron chi connectivity index (χ1n) is 1.72. The van der Waals surface area contributed by atoms with Crippen molar-refractivity contribution in [1.29, 1.82) is 0 Å². The van der Waals surface area contributed by atoms with Crippen molar-refractivity contribution < 1.29 is 9.50 Å². The van der Waals surface area contributed by atoms with Crippen LogP contribution in [0.3, 0.4) is 0 Å². The van der Waals surface area contributed by atoms with E-state index in [1.54, 1.807) is 6.92 Å². The van der Waals surface area contributed by atoms with Crippen LogP contribution in [-0.2, 0) is 0 Å². The van der Waals surface area contributed by atoms with Crippen LogP contribution in [0.1, 0.15) is 6.92 Å². The maximum absolute atomic E-state index is 11.2. The van der Waals surface area contributed by atoms with Gasteiger partial charge in [0.1, 0.15) is 0 Å². The molecule has 0 saturated heterocycles. The minimum atomic E-state index is -1.78. The zero-order valence-corrected chi connectivity index (χ0v) is 3.56. The summed E-state index contributed by atoms with van der Waals surface area (Å²) in [5, 5.41) is 7.80. The SMILES string of the molecule is CC=CC(O)F. The third-order valence-electron chi connectivity index (χ3n) is 0.351. The number of rotatable bonds is 1. The van der Waals surface area contributed by atoms with Gasteiger partial charge in [0, 0.05) is 0 Å². The fourth-order valence-electron chi connectivity index (χ4n) is 0.159. The number of hydrogen-bond acceptors (Lipinski definition) is 1. The first-order chi connectivity index (χ1) is 2.77. The van der Waals surface area contributed by atoms with Gasteiger partial charge < -0.3 is 5.11 Å². The van der Waals surface area contributed by atoms with Crippen LogP contribution < -0.4 is 0 Å². The molecule has 0 rings (SSSR count). The molecule has 0 radical (unpaired) electrons. The van der Waals surface area contributed by atoms with Crippen molar-refractivity contribution in [2.75, 3.05) is 0 Å².